The Morgan fingerprint density at radius 1 is 1.10 bits per heavy atom. The first-order valence-electron chi connectivity index (χ1n) is 10.5. The molecule has 31 heavy (non-hydrogen) atoms. The second-order valence-corrected chi connectivity index (χ2v) is 9.72. The highest BCUT2D eigenvalue weighted by molar-refractivity contribution is 8.01. The summed E-state index contributed by atoms with van der Waals surface area (Å²) in [6.07, 6.45) is 0.208. The van der Waals surface area contributed by atoms with Crippen molar-refractivity contribution in [1.29, 1.82) is 0 Å². The van der Waals surface area contributed by atoms with Crippen molar-refractivity contribution in [2.75, 3.05) is 33.0 Å². The number of nitrogens with one attached hydrogen (secondary N) is 1. The second-order valence-electron chi connectivity index (χ2n) is 7.94. The lowest BCUT2D eigenvalue weighted by Gasteiger charge is -2.44. The summed E-state index contributed by atoms with van der Waals surface area (Å²) in [5.74, 6) is -0.909. The molecule has 2 saturated heterocycles. The zero-order valence-electron chi connectivity index (χ0n) is 18.2. The minimum Gasteiger partial charge on any atom is -0.462 e. The van der Waals surface area contributed by atoms with E-state index in [2.05, 4.69) is 5.32 Å². The second kappa shape index (κ2) is 10.5. The van der Waals surface area contributed by atoms with Gasteiger partial charge in [-0.2, -0.15) is 0 Å². The maximum Gasteiger partial charge on any atom is 0.330 e. The monoisotopic (exact) mass is 450 g/mol. The molecule has 1 N–H and O–H groups in total. The third kappa shape index (κ3) is 5.58. The van der Waals surface area contributed by atoms with Crippen molar-refractivity contribution >= 4 is 29.5 Å². The Balaban J connectivity index is 1.49. The third-order valence-corrected chi connectivity index (χ3v) is 6.81. The van der Waals surface area contributed by atoms with Crippen molar-refractivity contribution in [2.45, 2.75) is 49.4 Å². The van der Waals surface area contributed by atoms with Crippen LogP contribution in [-0.2, 0) is 35.0 Å². The molecule has 0 bridgehead atoms. The lowest BCUT2D eigenvalue weighted by atomic mass is 9.96. The minimum absolute atomic E-state index is 0.117. The lowest BCUT2D eigenvalue weighted by molar-refractivity contribution is -0.165. The number of β-lactam (4-membered cyclic amide) rings is 1. The maximum absolute atomic E-state index is 12.8. The fourth-order valence-corrected chi connectivity index (χ4v) is 5.40. The third-order valence-electron chi connectivity index (χ3n) is 5.24. The number of ether oxygens (including phenoxy) is 3. The van der Waals surface area contributed by atoms with Crippen molar-refractivity contribution < 1.29 is 28.6 Å². The Kier molecular flexibility index (Phi) is 7.96. The lowest BCUT2D eigenvalue weighted by Crippen LogP contribution is -2.70. The Hall–Kier alpha value is -2.10. The predicted octanol–water partition coefficient (Wildman–Crippen LogP) is 1.37. The van der Waals surface area contributed by atoms with Crippen LogP contribution in [-0.4, -0.2) is 77.9 Å². The van der Waals surface area contributed by atoms with Gasteiger partial charge in [-0.05, 0) is 26.3 Å². The molecule has 2 aliphatic rings. The number of thioether (sulfide) groups is 1. The van der Waals surface area contributed by atoms with Crippen LogP contribution >= 0.6 is 11.8 Å². The fraction of sp³-hybridized carbons (Fsp3) is 0.591. The first-order valence-corrected chi connectivity index (χ1v) is 11.4. The van der Waals surface area contributed by atoms with Gasteiger partial charge in [0.15, 0.2) is 0 Å². The summed E-state index contributed by atoms with van der Waals surface area (Å²) in [5.41, 5.74) is 0.882. The van der Waals surface area contributed by atoms with Crippen molar-refractivity contribution in [3.63, 3.8) is 0 Å². The Bertz CT molecular complexity index is 787. The Morgan fingerprint density at radius 3 is 2.48 bits per heavy atom. The van der Waals surface area contributed by atoms with E-state index in [0.29, 0.717) is 19.8 Å². The molecule has 170 valence electrons. The molecule has 2 aliphatic heterocycles. The SMILES string of the molecule is CCOCCOCCOC(=O)C1N2C(=O)C(NC(=O)Cc3ccccc3)C2SC1(C)C. The van der Waals surface area contributed by atoms with Gasteiger partial charge in [-0.3, -0.25) is 9.59 Å². The number of carbonyl (C=O) groups excluding carboxylic acids is 3. The predicted molar refractivity (Wildman–Crippen MR) is 116 cm³/mol. The van der Waals surface area contributed by atoms with Gasteiger partial charge in [0.1, 0.15) is 24.1 Å². The van der Waals surface area contributed by atoms with Crippen LogP contribution in [0.25, 0.3) is 0 Å². The summed E-state index contributed by atoms with van der Waals surface area (Å²) >= 11 is 1.51. The van der Waals surface area contributed by atoms with Gasteiger partial charge in [0.25, 0.3) is 0 Å². The van der Waals surface area contributed by atoms with E-state index < -0.39 is 22.8 Å². The van der Waals surface area contributed by atoms with Crippen LogP contribution in [0.15, 0.2) is 30.3 Å². The highest BCUT2D eigenvalue weighted by atomic mass is 32.2. The Morgan fingerprint density at radius 2 is 1.77 bits per heavy atom. The fourth-order valence-electron chi connectivity index (χ4n) is 3.78. The molecule has 2 amide bonds. The number of amides is 2. The first-order chi connectivity index (χ1) is 14.8. The molecule has 8 nitrogen and oxygen atoms in total. The van der Waals surface area contributed by atoms with Gasteiger partial charge in [0.2, 0.25) is 11.8 Å². The largest absolute Gasteiger partial charge is 0.462 e. The number of carbonyl (C=O) groups is 3. The molecule has 0 radical (unpaired) electrons. The summed E-state index contributed by atoms with van der Waals surface area (Å²) in [7, 11) is 0. The van der Waals surface area contributed by atoms with Crippen LogP contribution in [0.1, 0.15) is 26.3 Å². The highest BCUT2D eigenvalue weighted by Crippen LogP contribution is 2.51. The van der Waals surface area contributed by atoms with Crippen molar-refractivity contribution in [1.82, 2.24) is 10.2 Å². The molecule has 0 aromatic heterocycles. The average molecular weight is 451 g/mol. The van der Waals surface area contributed by atoms with Gasteiger partial charge < -0.3 is 24.4 Å². The van der Waals surface area contributed by atoms with Gasteiger partial charge in [0, 0.05) is 11.4 Å². The number of esters is 1. The van der Waals surface area contributed by atoms with E-state index >= 15 is 0 Å². The number of benzene rings is 1. The van der Waals surface area contributed by atoms with Gasteiger partial charge in [-0.25, -0.2) is 4.79 Å². The van der Waals surface area contributed by atoms with Crippen LogP contribution in [0, 0.1) is 0 Å². The van der Waals surface area contributed by atoms with Crippen LogP contribution in [0.3, 0.4) is 0 Å². The summed E-state index contributed by atoms with van der Waals surface area (Å²) in [5, 5.41) is 2.55. The number of rotatable bonds is 11. The van der Waals surface area contributed by atoms with Gasteiger partial charge in [0.05, 0.1) is 26.2 Å². The molecule has 1 aromatic carbocycles. The van der Waals surface area contributed by atoms with Crippen molar-refractivity contribution in [3.05, 3.63) is 35.9 Å². The first kappa shape index (κ1) is 23.6. The van der Waals surface area contributed by atoms with E-state index in [1.54, 1.807) is 0 Å². The van der Waals surface area contributed by atoms with E-state index in [0.717, 1.165) is 5.56 Å². The van der Waals surface area contributed by atoms with Crippen LogP contribution in [0.4, 0.5) is 0 Å². The molecular formula is C22H30N2O6S. The number of hydrogen-bond acceptors (Lipinski definition) is 7. The van der Waals surface area contributed by atoms with Crippen LogP contribution in [0.5, 0.6) is 0 Å². The summed E-state index contributed by atoms with van der Waals surface area (Å²) in [6.45, 7) is 7.69. The van der Waals surface area contributed by atoms with E-state index in [1.165, 1.54) is 16.7 Å². The number of nitrogens with zero attached hydrogens (tertiary/aromatic N) is 1. The van der Waals surface area contributed by atoms with E-state index in [4.69, 9.17) is 14.2 Å². The summed E-state index contributed by atoms with van der Waals surface area (Å²) in [4.78, 5) is 39.4. The number of fused-ring (bicyclic) bond motifs is 1. The molecule has 1 aromatic rings. The Labute approximate surface area is 187 Å². The van der Waals surface area contributed by atoms with Gasteiger partial charge >= 0.3 is 5.97 Å². The molecule has 0 saturated carbocycles. The molecule has 9 heteroatoms. The number of hydrogen-bond donors (Lipinski definition) is 1. The molecule has 3 unspecified atom stereocenters. The molecule has 0 aliphatic carbocycles. The molecule has 3 atom stereocenters. The topological polar surface area (TPSA) is 94.2 Å². The quantitative estimate of drug-likeness (QED) is 0.309. The molecule has 0 spiro atoms. The van der Waals surface area contributed by atoms with Gasteiger partial charge in [-0.15, -0.1) is 11.8 Å². The summed E-state index contributed by atoms with van der Waals surface area (Å²) < 4.78 is 15.4. The van der Waals surface area contributed by atoms with Gasteiger partial charge in [-0.1, -0.05) is 30.3 Å². The zero-order valence-corrected chi connectivity index (χ0v) is 19.0. The minimum atomic E-state index is -0.694. The normalized spacial score (nSPS) is 23.8. The molecule has 2 fully saturated rings. The van der Waals surface area contributed by atoms with Crippen molar-refractivity contribution in [3.8, 4) is 0 Å². The average Bonchev–Trinajstić information content (AvgIpc) is 3.00. The van der Waals surface area contributed by atoms with E-state index in [1.807, 2.05) is 51.1 Å². The van der Waals surface area contributed by atoms with Crippen LogP contribution < -0.4 is 5.32 Å². The van der Waals surface area contributed by atoms with Crippen molar-refractivity contribution in [2.24, 2.45) is 0 Å². The molecular weight excluding hydrogens is 420 g/mol. The van der Waals surface area contributed by atoms with E-state index in [9.17, 15) is 14.4 Å². The molecule has 2 heterocycles. The smallest absolute Gasteiger partial charge is 0.330 e. The van der Waals surface area contributed by atoms with E-state index in [-0.39, 0.29) is 36.8 Å². The standard InChI is InChI=1S/C22H30N2O6S/c1-4-28-10-11-29-12-13-30-21(27)18-22(2,3)31-20-17(19(26)24(18)20)23-16(25)14-15-8-6-5-7-9-15/h5-9,17-18,20H,4,10-14H2,1-3H3,(H,23,25). The zero-order chi connectivity index (χ0) is 22.4. The molecule has 3 rings (SSSR count). The summed E-state index contributed by atoms with van der Waals surface area (Å²) in [6, 6.07) is 8.05. The van der Waals surface area contributed by atoms with Crippen LogP contribution in [0.2, 0.25) is 0 Å². The highest BCUT2D eigenvalue weighted by Gasteiger charge is 2.64. The maximum atomic E-state index is 12.8.